The van der Waals surface area contributed by atoms with Crippen LogP contribution in [0.3, 0.4) is 0 Å². The van der Waals surface area contributed by atoms with Crippen LogP contribution in [-0.2, 0) is 20.1 Å². The number of aryl methyl sites for hydroxylation is 1. The minimum absolute atomic E-state index is 0.387. The van der Waals surface area contributed by atoms with E-state index in [1.54, 1.807) is 19.2 Å². The second-order valence-corrected chi connectivity index (χ2v) is 6.33. The molecule has 26 heavy (non-hydrogen) atoms. The third-order valence-electron chi connectivity index (χ3n) is 3.97. The predicted molar refractivity (Wildman–Crippen MR) is 102 cm³/mol. The molecule has 0 fully saturated rings. The summed E-state index contributed by atoms with van der Waals surface area (Å²) < 4.78 is 7.40. The topological polar surface area (TPSA) is 71.5 Å². The molecule has 1 aromatic carbocycles. The molecule has 0 unspecified atom stereocenters. The number of benzene rings is 1. The highest BCUT2D eigenvalue weighted by Crippen LogP contribution is 2.19. The summed E-state index contributed by atoms with van der Waals surface area (Å²) in [5.41, 5.74) is 2.01. The zero-order chi connectivity index (χ0) is 18.5. The van der Waals surface area contributed by atoms with Gasteiger partial charge in [0.05, 0.1) is 13.1 Å². The van der Waals surface area contributed by atoms with E-state index in [1.807, 2.05) is 43.4 Å². The van der Waals surface area contributed by atoms with E-state index in [1.165, 1.54) is 5.69 Å². The molecule has 3 rings (SSSR count). The highest BCUT2D eigenvalue weighted by molar-refractivity contribution is 6.30. The fourth-order valence-electron chi connectivity index (χ4n) is 2.59. The first-order valence-electron chi connectivity index (χ1n) is 8.17. The first-order chi connectivity index (χ1) is 12.6. The fraction of sp³-hybridized carbons (Fsp3) is 0.278. The molecule has 7 nitrogen and oxygen atoms in total. The van der Waals surface area contributed by atoms with E-state index in [9.17, 15) is 0 Å². The molecular weight excluding hydrogens is 352 g/mol. The Hall–Kier alpha value is -2.80. The molecule has 1 N–H and O–H groups in total. The Kier molecular flexibility index (Phi) is 5.58. The Morgan fingerprint density at radius 1 is 1.35 bits per heavy atom. The van der Waals surface area contributed by atoms with Crippen molar-refractivity contribution < 1.29 is 4.52 Å². The molecule has 8 heteroatoms. The maximum absolute atomic E-state index is 6.01. The van der Waals surface area contributed by atoms with Gasteiger partial charge < -0.3 is 19.3 Å². The van der Waals surface area contributed by atoms with E-state index in [0.29, 0.717) is 23.3 Å². The number of aliphatic imine (C=N–C) groups is 1. The molecular formula is C18H21ClN6O. The monoisotopic (exact) mass is 372 g/mol. The van der Waals surface area contributed by atoms with Crippen molar-refractivity contribution in [2.75, 3.05) is 14.1 Å². The number of nitrogens with one attached hydrogen (secondary N) is 1. The molecule has 2 aromatic heterocycles. The fourth-order valence-corrected chi connectivity index (χ4v) is 2.78. The summed E-state index contributed by atoms with van der Waals surface area (Å²) in [4.78, 5) is 10.7. The zero-order valence-electron chi connectivity index (χ0n) is 15.0. The van der Waals surface area contributed by atoms with Gasteiger partial charge >= 0.3 is 0 Å². The molecule has 0 aliphatic carbocycles. The van der Waals surface area contributed by atoms with Gasteiger partial charge in [-0.25, -0.2) is 0 Å². The first-order valence-corrected chi connectivity index (χ1v) is 8.55. The Labute approximate surface area is 157 Å². The first kappa shape index (κ1) is 18.0. The summed E-state index contributed by atoms with van der Waals surface area (Å²) in [5.74, 6) is 1.73. The van der Waals surface area contributed by atoms with Gasteiger partial charge in [-0.05, 0) is 24.3 Å². The maximum Gasteiger partial charge on any atom is 0.246 e. The van der Waals surface area contributed by atoms with Crippen LogP contribution in [0.25, 0.3) is 11.4 Å². The molecule has 3 aromatic rings. The zero-order valence-corrected chi connectivity index (χ0v) is 15.7. The second kappa shape index (κ2) is 8.05. The van der Waals surface area contributed by atoms with Gasteiger partial charge in [0.2, 0.25) is 11.7 Å². The average molecular weight is 373 g/mol. The molecule has 136 valence electrons. The largest absolute Gasteiger partial charge is 0.353 e. The smallest absolute Gasteiger partial charge is 0.246 e. The van der Waals surface area contributed by atoms with Crippen LogP contribution >= 0.6 is 11.6 Å². The van der Waals surface area contributed by atoms with Crippen molar-refractivity contribution in [1.82, 2.24) is 24.9 Å². The molecule has 0 saturated carbocycles. The molecule has 0 aliphatic heterocycles. The molecule has 0 spiro atoms. The minimum atomic E-state index is 0.387. The van der Waals surface area contributed by atoms with E-state index < -0.39 is 0 Å². The number of rotatable bonds is 5. The standard InChI is InChI=1S/C18H21ClN6O/c1-20-18(25(3)12-15-8-5-9-24(15)2)21-11-16-22-17(23-26-16)13-6-4-7-14(19)10-13/h4-10H,11-12H2,1-3H3,(H,20,21). The lowest BCUT2D eigenvalue weighted by molar-refractivity contribution is 0.371. The third kappa shape index (κ3) is 4.23. The summed E-state index contributed by atoms with van der Waals surface area (Å²) in [7, 11) is 5.75. The molecule has 0 radical (unpaired) electrons. The molecule has 2 heterocycles. The van der Waals surface area contributed by atoms with Crippen LogP contribution in [0.4, 0.5) is 0 Å². The van der Waals surface area contributed by atoms with E-state index in [4.69, 9.17) is 16.1 Å². The van der Waals surface area contributed by atoms with Gasteiger partial charge in [-0.15, -0.1) is 0 Å². The van der Waals surface area contributed by atoms with Crippen LogP contribution in [0.1, 0.15) is 11.6 Å². The predicted octanol–water partition coefficient (Wildman–Crippen LogP) is 2.94. The van der Waals surface area contributed by atoms with Gasteiger partial charge in [0, 0.05) is 43.6 Å². The van der Waals surface area contributed by atoms with Crippen molar-refractivity contribution in [2.24, 2.45) is 12.0 Å². The third-order valence-corrected chi connectivity index (χ3v) is 4.21. The summed E-state index contributed by atoms with van der Waals surface area (Å²) >= 11 is 6.01. The van der Waals surface area contributed by atoms with Crippen molar-refractivity contribution in [1.29, 1.82) is 0 Å². The molecule has 0 bridgehead atoms. The maximum atomic E-state index is 6.01. The molecule has 0 atom stereocenters. The Morgan fingerprint density at radius 2 is 2.19 bits per heavy atom. The van der Waals surface area contributed by atoms with E-state index in [-0.39, 0.29) is 0 Å². The van der Waals surface area contributed by atoms with Crippen molar-refractivity contribution >= 4 is 17.6 Å². The number of hydrogen-bond donors (Lipinski definition) is 1. The normalized spacial score (nSPS) is 11.6. The number of aromatic nitrogens is 3. The van der Waals surface area contributed by atoms with Crippen molar-refractivity contribution in [3.63, 3.8) is 0 Å². The number of guanidine groups is 1. The van der Waals surface area contributed by atoms with Gasteiger partial charge in [0.25, 0.3) is 0 Å². The van der Waals surface area contributed by atoms with E-state index >= 15 is 0 Å². The number of hydrogen-bond acceptors (Lipinski definition) is 4. The average Bonchev–Trinajstić information content (AvgIpc) is 3.25. The lowest BCUT2D eigenvalue weighted by atomic mass is 10.2. The number of nitrogens with zero attached hydrogens (tertiary/aromatic N) is 5. The lowest BCUT2D eigenvalue weighted by Crippen LogP contribution is -2.38. The van der Waals surface area contributed by atoms with Crippen LogP contribution in [0.5, 0.6) is 0 Å². The second-order valence-electron chi connectivity index (χ2n) is 5.89. The lowest BCUT2D eigenvalue weighted by Gasteiger charge is -2.21. The van der Waals surface area contributed by atoms with E-state index in [2.05, 4.69) is 31.1 Å². The summed E-state index contributed by atoms with van der Waals surface area (Å²) in [6.07, 6.45) is 2.02. The molecule has 0 aliphatic rings. The van der Waals surface area contributed by atoms with Gasteiger partial charge in [0.15, 0.2) is 5.96 Å². The van der Waals surface area contributed by atoms with Crippen LogP contribution in [0.15, 0.2) is 52.1 Å². The highest BCUT2D eigenvalue weighted by atomic mass is 35.5. The SMILES string of the molecule is CN=C(NCc1nc(-c2cccc(Cl)c2)no1)N(C)Cc1cccn1C. The minimum Gasteiger partial charge on any atom is -0.353 e. The van der Waals surface area contributed by atoms with E-state index in [0.717, 1.165) is 18.1 Å². The number of halogens is 1. The summed E-state index contributed by atoms with van der Waals surface area (Å²) in [6.45, 7) is 1.12. The molecule has 0 amide bonds. The van der Waals surface area contributed by atoms with Gasteiger partial charge in [-0.1, -0.05) is 28.9 Å². The van der Waals surface area contributed by atoms with Gasteiger partial charge in [-0.3, -0.25) is 4.99 Å². The summed E-state index contributed by atoms with van der Waals surface area (Å²) in [5, 5.41) is 7.88. The van der Waals surface area contributed by atoms with Gasteiger partial charge in [0.1, 0.15) is 0 Å². The van der Waals surface area contributed by atoms with Crippen LogP contribution < -0.4 is 5.32 Å². The van der Waals surface area contributed by atoms with Gasteiger partial charge in [-0.2, -0.15) is 4.98 Å². The van der Waals surface area contributed by atoms with Crippen LogP contribution in [0.2, 0.25) is 5.02 Å². The van der Waals surface area contributed by atoms with Crippen LogP contribution in [-0.4, -0.2) is 39.7 Å². The molecule has 0 saturated heterocycles. The summed E-state index contributed by atoms with van der Waals surface area (Å²) in [6, 6.07) is 11.5. The Balaban J connectivity index is 1.61. The van der Waals surface area contributed by atoms with Crippen molar-refractivity contribution in [3.05, 3.63) is 59.2 Å². The van der Waals surface area contributed by atoms with Crippen molar-refractivity contribution in [3.8, 4) is 11.4 Å². The highest BCUT2D eigenvalue weighted by Gasteiger charge is 2.12. The Bertz CT molecular complexity index is 900. The van der Waals surface area contributed by atoms with Crippen molar-refractivity contribution in [2.45, 2.75) is 13.1 Å². The Morgan fingerprint density at radius 3 is 2.88 bits per heavy atom. The van der Waals surface area contributed by atoms with Crippen LogP contribution in [0, 0.1) is 0 Å². The quantitative estimate of drug-likeness (QED) is 0.550.